The van der Waals surface area contributed by atoms with Crippen molar-refractivity contribution < 1.29 is 28.6 Å². The molecule has 0 heterocycles. The fourth-order valence-corrected chi connectivity index (χ4v) is 7.06. The van der Waals surface area contributed by atoms with Crippen LogP contribution in [0.15, 0.2) is 97.1 Å². The highest BCUT2D eigenvalue weighted by molar-refractivity contribution is 7.80. The summed E-state index contributed by atoms with van der Waals surface area (Å²) >= 11 is 0. The summed E-state index contributed by atoms with van der Waals surface area (Å²) in [4.78, 5) is 38.4. The van der Waals surface area contributed by atoms with E-state index in [4.69, 9.17) is 14.2 Å². The van der Waals surface area contributed by atoms with Crippen LogP contribution in [0, 0.1) is 17.3 Å². The fraction of sp³-hybridized carbons (Fsp3) is 0.361. The van der Waals surface area contributed by atoms with Crippen LogP contribution in [-0.2, 0) is 23.8 Å². The largest absolute Gasteiger partial charge is 0.465 e. The van der Waals surface area contributed by atoms with Crippen molar-refractivity contribution in [2.45, 2.75) is 54.1 Å². The standard InChI is InChI=1S/C36H43O6P/c1-7-40-32(37)24-16-17-26(2)33(27(3)25-41-35(39)36(4,5)6)42-34(38)30-22-14-15-23-31(30)43(28-18-10-8-11-19-28)29-20-12-9-13-21-29/h8-16,18-24,26-27,33H,7,17,25H2,1-6H3/b24-16+/t26-,27-,33+/m0/s1. The van der Waals surface area contributed by atoms with Crippen molar-refractivity contribution in [3.63, 3.8) is 0 Å². The van der Waals surface area contributed by atoms with Gasteiger partial charge in [-0.25, -0.2) is 9.59 Å². The first-order valence-corrected chi connectivity index (χ1v) is 16.1. The van der Waals surface area contributed by atoms with Crippen molar-refractivity contribution >= 4 is 41.7 Å². The van der Waals surface area contributed by atoms with E-state index in [1.54, 1.807) is 33.8 Å². The lowest BCUT2D eigenvalue weighted by Gasteiger charge is -2.30. The maximum atomic E-state index is 14.0. The van der Waals surface area contributed by atoms with Crippen molar-refractivity contribution in [3.8, 4) is 0 Å². The molecule has 228 valence electrons. The Bertz CT molecular complexity index is 1320. The molecule has 0 fully saturated rings. The van der Waals surface area contributed by atoms with E-state index in [1.807, 2.05) is 74.5 Å². The van der Waals surface area contributed by atoms with Crippen molar-refractivity contribution in [2.24, 2.45) is 17.3 Å². The summed E-state index contributed by atoms with van der Waals surface area (Å²) in [5, 5.41) is 3.15. The predicted molar refractivity (Wildman–Crippen MR) is 173 cm³/mol. The van der Waals surface area contributed by atoms with Crippen molar-refractivity contribution in [1.29, 1.82) is 0 Å². The van der Waals surface area contributed by atoms with Gasteiger partial charge in [-0.05, 0) is 69.9 Å². The van der Waals surface area contributed by atoms with Gasteiger partial charge in [-0.3, -0.25) is 4.79 Å². The van der Waals surface area contributed by atoms with Crippen molar-refractivity contribution in [2.75, 3.05) is 13.2 Å². The minimum Gasteiger partial charge on any atom is -0.465 e. The van der Waals surface area contributed by atoms with Gasteiger partial charge >= 0.3 is 17.9 Å². The van der Waals surface area contributed by atoms with E-state index in [9.17, 15) is 14.4 Å². The summed E-state index contributed by atoms with van der Waals surface area (Å²) in [6, 6.07) is 28.0. The number of benzene rings is 3. The molecular formula is C36H43O6P. The number of carbonyl (C=O) groups is 3. The smallest absolute Gasteiger partial charge is 0.339 e. The molecule has 0 unspecified atom stereocenters. The van der Waals surface area contributed by atoms with Gasteiger partial charge in [0.25, 0.3) is 0 Å². The highest BCUT2D eigenvalue weighted by Crippen LogP contribution is 2.34. The third kappa shape index (κ3) is 9.90. The first-order chi connectivity index (χ1) is 20.5. The van der Waals surface area contributed by atoms with Crippen LogP contribution >= 0.6 is 7.92 Å². The monoisotopic (exact) mass is 602 g/mol. The first-order valence-electron chi connectivity index (χ1n) is 14.7. The maximum absolute atomic E-state index is 14.0. The average molecular weight is 603 g/mol. The van der Waals surface area contributed by atoms with Crippen molar-refractivity contribution in [1.82, 2.24) is 0 Å². The summed E-state index contributed by atoms with van der Waals surface area (Å²) < 4.78 is 16.9. The Morgan fingerprint density at radius 1 is 0.791 bits per heavy atom. The van der Waals surface area contributed by atoms with E-state index in [0.717, 1.165) is 15.9 Å². The van der Waals surface area contributed by atoms with Gasteiger partial charge in [0.2, 0.25) is 0 Å². The molecule has 0 aliphatic heterocycles. The molecule has 7 heteroatoms. The molecule has 0 aliphatic carbocycles. The number of hydrogen-bond acceptors (Lipinski definition) is 6. The zero-order valence-corrected chi connectivity index (χ0v) is 26.9. The quantitative estimate of drug-likeness (QED) is 0.0984. The SMILES string of the molecule is CCOC(=O)/C=C/C[C@H](C)[C@@H](OC(=O)c1ccccc1P(c1ccccc1)c1ccccc1)[C@@H](C)COC(=O)C(C)(C)C. The lowest BCUT2D eigenvalue weighted by Crippen LogP contribution is -2.36. The number of hydrogen-bond donors (Lipinski definition) is 0. The molecule has 3 aromatic carbocycles. The van der Waals surface area contributed by atoms with Gasteiger partial charge in [0.1, 0.15) is 6.10 Å². The Morgan fingerprint density at radius 3 is 1.91 bits per heavy atom. The Balaban J connectivity index is 1.93. The molecule has 0 radical (unpaired) electrons. The lowest BCUT2D eigenvalue weighted by molar-refractivity contribution is -0.155. The predicted octanol–water partition coefficient (Wildman–Crippen LogP) is 6.34. The van der Waals surface area contributed by atoms with E-state index in [1.165, 1.54) is 6.08 Å². The summed E-state index contributed by atoms with van der Waals surface area (Å²) in [5.41, 5.74) is -0.148. The highest BCUT2D eigenvalue weighted by atomic mass is 31.1. The zero-order chi connectivity index (χ0) is 31.4. The van der Waals surface area contributed by atoms with Crippen LogP contribution < -0.4 is 15.9 Å². The maximum Gasteiger partial charge on any atom is 0.339 e. The molecular weight excluding hydrogens is 559 g/mol. The molecule has 0 N–H and O–H groups in total. The van der Waals surface area contributed by atoms with Gasteiger partial charge in [-0.15, -0.1) is 0 Å². The number of allylic oxidation sites excluding steroid dienone is 1. The minimum atomic E-state index is -1.04. The van der Waals surface area contributed by atoms with Crippen molar-refractivity contribution in [3.05, 3.63) is 103 Å². The molecule has 0 bridgehead atoms. The third-order valence-corrected chi connectivity index (χ3v) is 9.40. The van der Waals surface area contributed by atoms with Gasteiger partial charge in [0.15, 0.2) is 0 Å². The summed E-state index contributed by atoms with van der Waals surface area (Å²) in [5.74, 6) is -1.64. The first kappa shape index (κ1) is 33.7. The van der Waals surface area contributed by atoms with Gasteiger partial charge in [-0.1, -0.05) is 98.8 Å². The van der Waals surface area contributed by atoms with Crippen LogP contribution in [0.5, 0.6) is 0 Å². The summed E-state index contributed by atoms with van der Waals surface area (Å²) in [6.45, 7) is 11.4. The summed E-state index contributed by atoms with van der Waals surface area (Å²) in [7, 11) is -1.04. The lowest BCUT2D eigenvalue weighted by atomic mass is 9.90. The van der Waals surface area contributed by atoms with E-state index in [2.05, 4.69) is 24.3 Å². The molecule has 0 aliphatic rings. The second kappa shape index (κ2) is 16.2. The Labute approximate surface area is 257 Å². The molecule has 0 aromatic heterocycles. The second-order valence-electron chi connectivity index (χ2n) is 11.6. The van der Waals surface area contributed by atoms with E-state index >= 15 is 0 Å². The Kier molecular flexibility index (Phi) is 12.7. The molecule has 0 saturated carbocycles. The Hall–Kier alpha value is -3.76. The van der Waals surface area contributed by atoms with Gasteiger partial charge in [0.05, 0.1) is 24.2 Å². The minimum absolute atomic E-state index is 0.0996. The van der Waals surface area contributed by atoms with Gasteiger partial charge in [-0.2, -0.15) is 0 Å². The zero-order valence-electron chi connectivity index (χ0n) is 26.0. The van der Waals surface area contributed by atoms with Gasteiger partial charge < -0.3 is 14.2 Å². The fourth-order valence-electron chi connectivity index (χ4n) is 4.62. The topological polar surface area (TPSA) is 78.9 Å². The molecule has 0 amide bonds. The van der Waals surface area contributed by atoms with Crippen LogP contribution in [-0.4, -0.2) is 37.2 Å². The molecule has 43 heavy (non-hydrogen) atoms. The second-order valence-corrected chi connectivity index (χ2v) is 13.8. The van der Waals surface area contributed by atoms with Crippen LogP contribution in [0.2, 0.25) is 0 Å². The van der Waals surface area contributed by atoms with E-state index < -0.39 is 31.4 Å². The molecule has 0 saturated heterocycles. The molecule has 6 nitrogen and oxygen atoms in total. The number of carbonyl (C=O) groups excluding carboxylic acids is 3. The number of esters is 3. The van der Waals surface area contributed by atoms with Crippen LogP contribution in [0.4, 0.5) is 0 Å². The van der Waals surface area contributed by atoms with E-state index in [0.29, 0.717) is 18.6 Å². The number of ether oxygens (including phenoxy) is 3. The Morgan fingerprint density at radius 2 is 1.35 bits per heavy atom. The molecule has 3 atom stereocenters. The van der Waals surface area contributed by atoms with E-state index in [-0.39, 0.29) is 24.4 Å². The number of rotatable bonds is 13. The normalized spacial score (nSPS) is 13.7. The molecule has 3 aromatic rings. The van der Waals surface area contributed by atoms with Crippen LogP contribution in [0.25, 0.3) is 0 Å². The van der Waals surface area contributed by atoms with Crippen LogP contribution in [0.3, 0.4) is 0 Å². The summed E-state index contributed by atoms with van der Waals surface area (Å²) in [6.07, 6.45) is 3.01. The average Bonchev–Trinajstić information content (AvgIpc) is 2.99. The molecule has 0 spiro atoms. The van der Waals surface area contributed by atoms with Gasteiger partial charge in [0, 0.05) is 12.0 Å². The molecule has 3 rings (SSSR count). The third-order valence-electron chi connectivity index (χ3n) is 6.90. The highest BCUT2D eigenvalue weighted by Gasteiger charge is 2.32. The van der Waals surface area contributed by atoms with Crippen LogP contribution in [0.1, 0.15) is 58.3 Å².